The molecule has 2 rings (SSSR count). The van der Waals surface area contributed by atoms with E-state index >= 15 is 0 Å². The molecule has 1 amide bonds. The van der Waals surface area contributed by atoms with Crippen molar-refractivity contribution in [2.75, 3.05) is 5.73 Å². The van der Waals surface area contributed by atoms with Gasteiger partial charge in [-0.05, 0) is 42.7 Å². The Bertz CT molecular complexity index is 610. The number of rotatable bonds is 5. The Kier molecular flexibility index (Phi) is 5.23. The third-order valence-electron chi connectivity index (χ3n) is 3.37. The molecule has 0 unspecified atom stereocenters. The van der Waals surface area contributed by atoms with Crippen LogP contribution in [0.25, 0.3) is 0 Å². The number of hydrogen-bond acceptors (Lipinski definition) is 2. The molecule has 3 nitrogen and oxygen atoms in total. The first kappa shape index (κ1) is 15.4. The zero-order valence-electron chi connectivity index (χ0n) is 12.0. The normalized spacial score (nSPS) is 11.9. The van der Waals surface area contributed by atoms with Crippen LogP contribution in [0.2, 0.25) is 5.02 Å². The smallest absolute Gasteiger partial charge is 0.220 e. The summed E-state index contributed by atoms with van der Waals surface area (Å²) in [6.07, 6.45) is 1.14. The van der Waals surface area contributed by atoms with Gasteiger partial charge in [0.1, 0.15) is 0 Å². The Hall–Kier alpha value is -2.00. The summed E-state index contributed by atoms with van der Waals surface area (Å²) in [7, 11) is 0. The Balaban J connectivity index is 1.87. The number of hydrogen-bond donors (Lipinski definition) is 2. The lowest BCUT2D eigenvalue weighted by Gasteiger charge is -2.15. The van der Waals surface area contributed by atoms with Crippen LogP contribution in [0.3, 0.4) is 0 Å². The average Bonchev–Trinajstić information content (AvgIpc) is 2.47. The fraction of sp³-hybridized carbons (Fsp3) is 0.235. The average molecular weight is 303 g/mol. The maximum absolute atomic E-state index is 12.0. The van der Waals surface area contributed by atoms with Crippen molar-refractivity contribution in [2.24, 2.45) is 0 Å². The molecule has 0 spiro atoms. The number of carbonyl (C=O) groups is 1. The predicted octanol–water partition coefficient (Wildman–Crippen LogP) is 3.73. The van der Waals surface area contributed by atoms with Crippen LogP contribution in [0.15, 0.2) is 48.5 Å². The molecule has 0 saturated carbocycles. The molecule has 2 aromatic rings. The maximum atomic E-state index is 12.0. The Morgan fingerprint density at radius 3 is 2.52 bits per heavy atom. The molecule has 21 heavy (non-hydrogen) atoms. The monoisotopic (exact) mass is 302 g/mol. The van der Waals surface area contributed by atoms with Crippen LogP contribution in [0.1, 0.15) is 30.5 Å². The minimum atomic E-state index is -0.0994. The number of anilines is 1. The van der Waals surface area contributed by atoms with E-state index in [9.17, 15) is 4.79 Å². The van der Waals surface area contributed by atoms with Gasteiger partial charge in [-0.1, -0.05) is 41.9 Å². The fourth-order valence-electron chi connectivity index (χ4n) is 2.16. The number of aryl methyl sites for hydroxylation is 1. The number of nitrogens with two attached hydrogens (primary N) is 1. The van der Waals surface area contributed by atoms with Crippen molar-refractivity contribution in [3.8, 4) is 0 Å². The van der Waals surface area contributed by atoms with Gasteiger partial charge in [-0.3, -0.25) is 4.79 Å². The van der Waals surface area contributed by atoms with Gasteiger partial charge in [0.2, 0.25) is 5.91 Å². The topological polar surface area (TPSA) is 55.1 Å². The van der Waals surface area contributed by atoms with Gasteiger partial charge in [0, 0.05) is 17.1 Å². The number of benzene rings is 2. The molecule has 0 aromatic heterocycles. The molecule has 0 aliphatic carbocycles. The quantitative estimate of drug-likeness (QED) is 0.827. The lowest BCUT2D eigenvalue weighted by Crippen LogP contribution is -2.27. The number of halogens is 1. The number of nitrogen functional groups attached to an aromatic ring is 1. The molecule has 1 atom stereocenters. The van der Waals surface area contributed by atoms with Gasteiger partial charge in [0.25, 0.3) is 0 Å². The summed E-state index contributed by atoms with van der Waals surface area (Å²) in [4.78, 5) is 12.0. The van der Waals surface area contributed by atoms with Crippen LogP contribution in [-0.2, 0) is 11.2 Å². The summed E-state index contributed by atoms with van der Waals surface area (Å²) in [6, 6.07) is 15.0. The second-order valence-electron chi connectivity index (χ2n) is 5.05. The highest BCUT2D eigenvalue weighted by atomic mass is 35.5. The van der Waals surface area contributed by atoms with Crippen LogP contribution in [-0.4, -0.2) is 5.91 Å². The number of amides is 1. The van der Waals surface area contributed by atoms with Crippen molar-refractivity contribution >= 4 is 23.2 Å². The van der Waals surface area contributed by atoms with Crippen LogP contribution in [0, 0.1) is 0 Å². The third-order valence-corrected chi connectivity index (χ3v) is 3.71. The highest BCUT2D eigenvalue weighted by molar-refractivity contribution is 6.31. The zero-order chi connectivity index (χ0) is 15.2. The van der Waals surface area contributed by atoms with Crippen LogP contribution < -0.4 is 11.1 Å². The van der Waals surface area contributed by atoms with E-state index in [1.165, 1.54) is 0 Å². The standard InChI is InChI=1S/C17H19ClN2O/c1-12(15-4-2-3-5-16(15)18)20-17(21)11-8-13-6-9-14(19)10-7-13/h2-7,9-10,12H,8,11,19H2,1H3,(H,20,21)/t12-/m0/s1. The molecule has 3 N–H and O–H groups in total. The maximum Gasteiger partial charge on any atom is 0.220 e. The summed E-state index contributed by atoms with van der Waals surface area (Å²) < 4.78 is 0. The van der Waals surface area contributed by atoms with Crippen molar-refractivity contribution in [1.29, 1.82) is 0 Å². The van der Waals surface area contributed by atoms with Crippen LogP contribution >= 0.6 is 11.6 Å². The lowest BCUT2D eigenvalue weighted by molar-refractivity contribution is -0.121. The predicted molar refractivity (Wildman–Crippen MR) is 87.2 cm³/mol. The molecule has 2 aromatic carbocycles. The van der Waals surface area contributed by atoms with Gasteiger partial charge in [0.05, 0.1) is 6.04 Å². The van der Waals surface area contributed by atoms with Crippen LogP contribution in [0.5, 0.6) is 0 Å². The van der Waals surface area contributed by atoms with Crippen molar-refractivity contribution in [3.63, 3.8) is 0 Å². The molecule has 0 heterocycles. The minimum absolute atomic E-state index is 0.0132. The summed E-state index contributed by atoms with van der Waals surface area (Å²) in [5.41, 5.74) is 8.40. The van der Waals surface area contributed by atoms with Gasteiger partial charge >= 0.3 is 0 Å². The first-order chi connectivity index (χ1) is 10.1. The van der Waals surface area contributed by atoms with E-state index in [0.29, 0.717) is 17.9 Å². The zero-order valence-corrected chi connectivity index (χ0v) is 12.7. The second-order valence-corrected chi connectivity index (χ2v) is 5.46. The molecule has 110 valence electrons. The van der Waals surface area contributed by atoms with E-state index in [0.717, 1.165) is 16.8 Å². The van der Waals surface area contributed by atoms with Crippen molar-refractivity contribution in [1.82, 2.24) is 5.32 Å². The highest BCUT2D eigenvalue weighted by Crippen LogP contribution is 2.22. The first-order valence-corrected chi connectivity index (χ1v) is 7.32. The van der Waals surface area contributed by atoms with E-state index < -0.39 is 0 Å². The van der Waals surface area contributed by atoms with E-state index in [1.807, 2.05) is 55.5 Å². The highest BCUT2D eigenvalue weighted by Gasteiger charge is 2.12. The Morgan fingerprint density at radius 2 is 1.86 bits per heavy atom. The SMILES string of the molecule is C[C@H](NC(=O)CCc1ccc(N)cc1)c1ccccc1Cl. The number of carbonyl (C=O) groups excluding carboxylic acids is 1. The summed E-state index contributed by atoms with van der Waals surface area (Å²) in [5, 5.41) is 3.64. The van der Waals surface area contributed by atoms with Gasteiger partial charge in [-0.25, -0.2) is 0 Å². The van der Waals surface area contributed by atoms with Gasteiger partial charge in [-0.15, -0.1) is 0 Å². The third kappa shape index (κ3) is 4.50. The van der Waals surface area contributed by atoms with Crippen molar-refractivity contribution < 1.29 is 4.79 Å². The second kappa shape index (κ2) is 7.14. The minimum Gasteiger partial charge on any atom is -0.399 e. The Morgan fingerprint density at radius 1 is 1.19 bits per heavy atom. The molecule has 4 heteroatoms. The van der Waals surface area contributed by atoms with Gasteiger partial charge in [0.15, 0.2) is 0 Å². The van der Waals surface area contributed by atoms with E-state index in [2.05, 4.69) is 5.32 Å². The molecule has 0 aliphatic rings. The van der Waals surface area contributed by atoms with E-state index in [-0.39, 0.29) is 11.9 Å². The molecule has 0 saturated heterocycles. The van der Waals surface area contributed by atoms with Crippen molar-refractivity contribution in [2.45, 2.75) is 25.8 Å². The Labute approximate surface area is 130 Å². The molecule has 0 bridgehead atoms. The largest absolute Gasteiger partial charge is 0.399 e. The van der Waals surface area contributed by atoms with Crippen molar-refractivity contribution in [3.05, 3.63) is 64.7 Å². The number of nitrogens with one attached hydrogen (secondary N) is 1. The molecular formula is C17H19ClN2O. The summed E-state index contributed by atoms with van der Waals surface area (Å²) in [5.74, 6) is 0.0132. The van der Waals surface area contributed by atoms with Gasteiger partial charge < -0.3 is 11.1 Å². The fourth-order valence-corrected chi connectivity index (χ4v) is 2.46. The van der Waals surface area contributed by atoms with Crippen LogP contribution in [0.4, 0.5) is 5.69 Å². The molecular weight excluding hydrogens is 284 g/mol. The lowest BCUT2D eigenvalue weighted by atomic mass is 10.1. The summed E-state index contributed by atoms with van der Waals surface area (Å²) in [6.45, 7) is 1.93. The van der Waals surface area contributed by atoms with Gasteiger partial charge in [-0.2, -0.15) is 0 Å². The molecule has 0 aliphatic heterocycles. The summed E-state index contributed by atoms with van der Waals surface area (Å²) >= 11 is 6.13. The molecule has 0 radical (unpaired) electrons. The molecule has 0 fully saturated rings. The first-order valence-electron chi connectivity index (χ1n) is 6.94. The van der Waals surface area contributed by atoms with E-state index in [4.69, 9.17) is 17.3 Å². The van der Waals surface area contributed by atoms with E-state index in [1.54, 1.807) is 0 Å².